The van der Waals surface area contributed by atoms with Crippen LogP contribution < -0.4 is 5.63 Å². The predicted molar refractivity (Wildman–Crippen MR) is 78.2 cm³/mol. The summed E-state index contributed by atoms with van der Waals surface area (Å²) in [6.07, 6.45) is 0. The summed E-state index contributed by atoms with van der Waals surface area (Å²) in [6.45, 7) is 1.93. The van der Waals surface area contributed by atoms with E-state index in [0.717, 1.165) is 15.6 Å². The Morgan fingerprint density at radius 3 is 2.58 bits per heavy atom. The van der Waals surface area contributed by atoms with E-state index in [-0.39, 0.29) is 5.63 Å². The van der Waals surface area contributed by atoms with Crippen LogP contribution in [0.5, 0.6) is 0 Å². The zero-order valence-electron chi connectivity index (χ0n) is 10.2. The Bertz CT molecular complexity index is 806. The molecule has 2 aromatic carbocycles. The summed E-state index contributed by atoms with van der Waals surface area (Å²) in [5.41, 5.74) is 2.09. The Labute approximate surface area is 118 Å². The molecule has 0 saturated carbocycles. The number of aromatic nitrogens is 1. The minimum Gasteiger partial charge on any atom is -0.403 e. The maximum Gasteiger partial charge on any atom is 0.347 e. The molecule has 0 radical (unpaired) electrons. The van der Waals surface area contributed by atoms with Crippen molar-refractivity contribution in [1.82, 2.24) is 4.98 Å². The summed E-state index contributed by atoms with van der Waals surface area (Å²) in [7, 11) is 0. The molecule has 0 unspecified atom stereocenters. The van der Waals surface area contributed by atoms with Gasteiger partial charge in [0.05, 0.1) is 10.9 Å². The molecule has 19 heavy (non-hydrogen) atoms. The Kier molecular flexibility index (Phi) is 2.95. The first-order valence-corrected chi connectivity index (χ1v) is 6.60. The van der Waals surface area contributed by atoms with E-state index in [2.05, 4.69) is 20.9 Å². The zero-order valence-corrected chi connectivity index (χ0v) is 11.8. The molecule has 0 bridgehead atoms. The molecule has 0 aliphatic carbocycles. The summed E-state index contributed by atoms with van der Waals surface area (Å²) in [6, 6.07) is 13.0. The van der Waals surface area contributed by atoms with Crippen LogP contribution in [0.1, 0.15) is 5.56 Å². The van der Waals surface area contributed by atoms with E-state index in [1.54, 1.807) is 6.07 Å². The third-order valence-electron chi connectivity index (χ3n) is 2.87. The standard InChI is InChI=1S/C15H10BrNO2/c1-9-2-7-13-12(8-9)15(18)19-14(17-13)10-3-5-11(16)6-4-10/h2-8H,1H3. The third kappa shape index (κ3) is 2.31. The largest absolute Gasteiger partial charge is 0.403 e. The minimum atomic E-state index is -0.355. The fourth-order valence-electron chi connectivity index (χ4n) is 1.90. The highest BCUT2D eigenvalue weighted by Gasteiger charge is 2.08. The van der Waals surface area contributed by atoms with Crippen LogP contribution in [-0.2, 0) is 0 Å². The van der Waals surface area contributed by atoms with Gasteiger partial charge in [-0.25, -0.2) is 9.78 Å². The first-order valence-electron chi connectivity index (χ1n) is 5.81. The second kappa shape index (κ2) is 4.63. The average Bonchev–Trinajstić information content (AvgIpc) is 2.40. The van der Waals surface area contributed by atoms with Crippen LogP contribution in [0.2, 0.25) is 0 Å². The maximum absolute atomic E-state index is 12.0. The smallest absolute Gasteiger partial charge is 0.347 e. The summed E-state index contributed by atoms with van der Waals surface area (Å²) >= 11 is 3.37. The molecule has 0 saturated heterocycles. The fraction of sp³-hybridized carbons (Fsp3) is 0.0667. The molecule has 3 rings (SSSR count). The molecule has 1 aromatic heterocycles. The minimum absolute atomic E-state index is 0.342. The molecule has 1 heterocycles. The van der Waals surface area contributed by atoms with Crippen molar-refractivity contribution in [3.8, 4) is 11.5 Å². The van der Waals surface area contributed by atoms with E-state index in [1.165, 1.54) is 0 Å². The summed E-state index contributed by atoms with van der Waals surface area (Å²) in [5.74, 6) is 0.342. The van der Waals surface area contributed by atoms with Gasteiger partial charge in [-0.15, -0.1) is 0 Å². The summed E-state index contributed by atoms with van der Waals surface area (Å²) < 4.78 is 6.26. The SMILES string of the molecule is Cc1ccc2nc(-c3ccc(Br)cc3)oc(=O)c2c1. The summed E-state index contributed by atoms with van der Waals surface area (Å²) in [4.78, 5) is 16.4. The molecule has 0 N–H and O–H groups in total. The molecule has 0 fully saturated rings. The first-order chi connectivity index (χ1) is 9.13. The van der Waals surface area contributed by atoms with Crippen LogP contribution in [0.15, 0.2) is 56.1 Å². The number of hydrogen-bond acceptors (Lipinski definition) is 3. The number of fused-ring (bicyclic) bond motifs is 1. The van der Waals surface area contributed by atoms with Crippen molar-refractivity contribution >= 4 is 26.8 Å². The molecule has 4 heteroatoms. The lowest BCUT2D eigenvalue weighted by molar-refractivity contribution is 0.518. The van der Waals surface area contributed by atoms with Gasteiger partial charge in [0.25, 0.3) is 0 Å². The van der Waals surface area contributed by atoms with E-state index >= 15 is 0 Å². The van der Waals surface area contributed by atoms with Gasteiger partial charge in [0, 0.05) is 10.0 Å². The van der Waals surface area contributed by atoms with Gasteiger partial charge in [-0.05, 0) is 43.3 Å². The van der Waals surface area contributed by atoms with Gasteiger partial charge < -0.3 is 4.42 Å². The van der Waals surface area contributed by atoms with Crippen molar-refractivity contribution in [3.05, 3.63) is 62.9 Å². The first kappa shape index (κ1) is 12.1. The third-order valence-corrected chi connectivity index (χ3v) is 3.40. The fourth-order valence-corrected chi connectivity index (χ4v) is 2.17. The van der Waals surface area contributed by atoms with Gasteiger partial charge in [0.15, 0.2) is 0 Å². The lowest BCUT2D eigenvalue weighted by Gasteiger charge is -2.02. The lowest BCUT2D eigenvalue weighted by Crippen LogP contribution is -2.03. The van der Waals surface area contributed by atoms with Crippen LogP contribution in [0.25, 0.3) is 22.4 Å². The molecule has 0 atom stereocenters. The van der Waals surface area contributed by atoms with Crippen molar-refractivity contribution in [3.63, 3.8) is 0 Å². The highest BCUT2D eigenvalue weighted by atomic mass is 79.9. The Morgan fingerprint density at radius 2 is 1.84 bits per heavy atom. The monoisotopic (exact) mass is 315 g/mol. The van der Waals surface area contributed by atoms with Crippen molar-refractivity contribution in [2.75, 3.05) is 0 Å². The Balaban J connectivity index is 2.24. The quantitative estimate of drug-likeness (QED) is 0.683. The normalized spacial score (nSPS) is 10.8. The number of aryl methyl sites for hydroxylation is 1. The van der Waals surface area contributed by atoms with E-state index in [0.29, 0.717) is 16.8 Å². The molecule has 3 aromatic rings. The lowest BCUT2D eigenvalue weighted by atomic mass is 10.1. The van der Waals surface area contributed by atoms with Gasteiger partial charge in [-0.1, -0.05) is 27.6 Å². The molecule has 3 nitrogen and oxygen atoms in total. The zero-order chi connectivity index (χ0) is 13.4. The van der Waals surface area contributed by atoms with E-state index < -0.39 is 0 Å². The van der Waals surface area contributed by atoms with E-state index in [9.17, 15) is 4.79 Å². The Morgan fingerprint density at radius 1 is 1.11 bits per heavy atom. The molecular formula is C15H10BrNO2. The highest BCUT2D eigenvalue weighted by Crippen LogP contribution is 2.21. The average molecular weight is 316 g/mol. The number of nitrogens with zero attached hydrogens (tertiary/aromatic N) is 1. The van der Waals surface area contributed by atoms with Gasteiger partial charge in [0.1, 0.15) is 0 Å². The number of benzene rings is 2. The van der Waals surface area contributed by atoms with Crippen molar-refractivity contribution < 1.29 is 4.42 Å². The van der Waals surface area contributed by atoms with Crippen LogP contribution in [-0.4, -0.2) is 4.98 Å². The molecule has 0 aliphatic rings. The van der Waals surface area contributed by atoms with Crippen molar-refractivity contribution in [1.29, 1.82) is 0 Å². The number of hydrogen-bond donors (Lipinski definition) is 0. The predicted octanol–water partition coefficient (Wildman–Crippen LogP) is 3.93. The van der Waals surface area contributed by atoms with Crippen molar-refractivity contribution in [2.24, 2.45) is 0 Å². The molecule has 94 valence electrons. The molecule has 0 aliphatic heterocycles. The van der Waals surface area contributed by atoms with Crippen LogP contribution >= 0.6 is 15.9 Å². The topological polar surface area (TPSA) is 43.1 Å². The maximum atomic E-state index is 12.0. The molecular weight excluding hydrogens is 306 g/mol. The van der Waals surface area contributed by atoms with E-state index in [1.807, 2.05) is 43.3 Å². The van der Waals surface area contributed by atoms with Gasteiger partial charge in [0.2, 0.25) is 5.89 Å². The number of rotatable bonds is 1. The Hall–Kier alpha value is -1.94. The molecule has 0 amide bonds. The molecule has 0 spiro atoms. The number of halogens is 1. The van der Waals surface area contributed by atoms with Gasteiger partial charge >= 0.3 is 5.63 Å². The van der Waals surface area contributed by atoms with Crippen LogP contribution in [0.4, 0.5) is 0 Å². The van der Waals surface area contributed by atoms with Gasteiger partial charge in [-0.3, -0.25) is 0 Å². The van der Waals surface area contributed by atoms with Gasteiger partial charge in [-0.2, -0.15) is 0 Å². The van der Waals surface area contributed by atoms with Crippen LogP contribution in [0, 0.1) is 6.92 Å². The second-order valence-corrected chi connectivity index (χ2v) is 5.25. The highest BCUT2D eigenvalue weighted by molar-refractivity contribution is 9.10. The van der Waals surface area contributed by atoms with E-state index in [4.69, 9.17) is 4.42 Å². The summed E-state index contributed by atoms with van der Waals surface area (Å²) in [5, 5.41) is 0.515. The van der Waals surface area contributed by atoms with Crippen LogP contribution in [0.3, 0.4) is 0 Å². The van der Waals surface area contributed by atoms with Crippen molar-refractivity contribution in [2.45, 2.75) is 6.92 Å². The second-order valence-electron chi connectivity index (χ2n) is 4.33.